The lowest BCUT2D eigenvalue weighted by Gasteiger charge is -2.04. The normalized spacial score (nSPS) is 11.2. The van der Waals surface area contributed by atoms with Crippen molar-refractivity contribution >= 4 is 28.0 Å². The minimum atomic E-state index is -0.0970. The molecule has 0 radical (unpaired) electrons. The molecule has 2 heterocycles. The van der Waals surface area contributed by atoms with Gasteiger partial charge in [0.05, 0.1) is 22.1 Å². The standard InChI is InChI=1S/C18H17N5O/c1-11-20-15-7-6-12(10-16(15)21-11)18(24)19-9-8-17-22-13-4-2-3-5-14(13)23-17/h2-7,10H,8-9H2,1H3,(H,19,24)(H,20,21)(H,22,23). The Kier molecular flexibility index (Phi) is 3.49. The molecule has 0 saturated heterocycles. The zero-order valence-electron chi connectivity index (χ0n) is 13.3. The summed E-state index contributed by atoms with van der Waals surface area (Å²) in [5, 5.41) is 2.93. The van der Waals surface area contributed by atoms with E-state index in [9.17, 15) is 4.79 Å². The number of H-pyrrole nitrogens is 2. The third-order valence-corrected chi connectivity index (χ3v) is 3.95. The molecule has 0 unspecified atom stereocenters. The van der Waals surface area contributed by atoms with E-state index in [1.165, 1.54) is 0 Å². The van der Waals surface area contributed by atoms with Gasteiger partial charge in [-0.1, -0.05) is 12.1 Å². The van der Waals surface area contributed by atoms with Gasteiger partial charge < -0.3 is 15.3 Å². The molecular weight excluding hydrogens is 302 g/mol. The van der Waals surface area contributed by atoms with Crippen LogP contribution in [0, 0.1) is 6.92 Å². The third-order valence-electron chi connectivity index (χ3n) is 3.95. The number of carbonyl (C=O) groups excluding carboxylic acids is 1. The largest absolute Gasteiger partial charge is 0.352 e. The number of imidazole rings is 2. The highest BCUT2D eigenvalue weighted by molar-refractivity contribution is 5.97. The number of nitrogens with one attached hydrogen (secondary N) is 3. The number of nitrogens with zero attached hydrogens (tertiary/aromatic N) is 2. The average Bonchev–Trinajstić information content (AvgIpc) is 3.15. The van der Waals surface area contributed by atoms with Gasteiger partial charge in [-0.25, -0.2) is 9.97 Å². The summed E-state index contributed by atoms with van der Waals surface area (Å²) in [5.41, 5.74) is 4.32. The van der Waals surface area contributed by atoms with E-state index in [-0.39, 0.29) is 5.91 Å². The summed E-state index contributed by atoms with van der Waals surface area (Å²) in [4.78, 5) is 27.5. The van der Waals surface area contributed by atoms with Crippen molar-refractivity contribution in [2.75, 3.05) is 6.54 Å². The van der Waals surface area contributed by atoms with Gasteiger partial charge in [-0.3, -0.25) is 4.79 Å². The second-order valence-electron chi connectivity index (χ2n) is 5.76. The average molecular weight is 319 g/mol. The summed E-state index contributed by atoms with van der Waals surface area (Å²) in [5.74, 6) is 1.61. The Morgan fingerprint density at radius 3 is 2.75 bits per heavy atom. The molecule has 4 aromatic rings. The van der Waals surface area contributed by atoms with Crippen LogP contribution < -0.4 is 5.32 Å². The summed E-state index contributed by atoms with van der Waals surface area (Å²) in [6, 6.07) is 13.4. The fourth-order valence-electron chi connectivity index (χ4n) is 2.80. The van der Waals surface area contributed by atoms with Crippen LogP contribution in [0.5, 0.6) is 0 Å². The Hall–Kier alpha value is -3.15. The molecule has 2 aromatic carbocycles. The van der Waals surface area contributed by atoms with Crippen LogP contribution >= 0.6 is 0 Å². The van der Waals surface area contributed by atoms with Crippen LogP contribution in [0.25, 0.3) is 22.1 Å². The number of amides is 1. The van der Waals surface area contributed by atoms with E-state index in [0.29, 0.717) is 18.5 Å². The van der Waals surface area contributed by atoms with Crippen LogP contribution in [0.1, 0.15) is 22.0 Å². The van der Waals surface area contributed by atoms with Crippen molar-refractivity contribution in [2.45, 2.75) is 13.3 Å². The maximum atomic E-state index is 12.3. The van der Waals surface area contributed by atoms with Gasteiger partial charge in [0, 0.05) is 18.5 Å². The minimum absolute atomic E-state index is 0.0970. The molecule has 0 saturated carbocycles. The quantitative estimate of drug-likeness (QED) is 0.540. The molecule has 24 heavy (non-hydrogen) atoms. The van der Waals surface area contributed by atoms with Crippen LogP contribution in [0.4, 0.5) is 0 Å². The van der Waals surface area contributed by atoms with Gasteiger partial charge in [0.2, 0.25) is 0 Å². The second kappa shape index (κ2) is 5.81. The molecule has 2 aromatic heterocycles. The molecule has 0 aliphatic carbocycles. The number of aryl methyl sites for hydroxylation is 1. The summed E-state index contributed by atoms with van der Waals surface area (Å²) in [6.07, 6.45) is 0.659. The highest BCUT2D eigenvalue weighted by Crippen LogP contribution is 2.14. The molecular formula is C18H17N5O. The summed E-state index contributed by atoms with van der Waals surface area (Å²) >= 11 is 0. The maximum Gasteiger partial charge on any atom is 0.251 e. The number of rotatable bonds is 4. The zero-order chi connectivity index (χ0) is 16.5. The summed E-state index contributed by atoms with van der Waals surface area (Å²) < 4.78 is 0. The number of hydrogen-bond donors (Lipinski definition) is 3. The number of fused-ring (bicyclic) bond motifs is 2. The van der Waals surface area contributed by atoms with Crippen LogP contribution in [-0.2, 0) is 6.42 Å². The molecule has 120 valence electrons. The molecule has 1 amide bonds. The van der Waals surface area contributed by atoms with Gasteiger partial charge in [-0.2, -0.15) is 0 Å². The van der Waals surface area contributed by atoms with E-state index in [2.05, 4.69) is 25.3 Å². The highest BCUT2D eigenvalue weighted by Gasteiger charge is 2.08. The number of aromatic nitrogens is 4. The van der Waals surface area contributed by atoms with Gasteiger partial charge in [0.1, 0.15) is 11.6 Å². The van der Waals surface area contributed by atoms with Crippen molar-refractivity contribution in [3.05, 3.63) is 59.7 Å². The highest BCUT2D eigenvalue weighted by atomic mass is 16.1. The minimum Gasteiger partial charge on any atom is -0.352 e. The Morgan fingerprint density at radius 2 is 1.88 bits per heavy atom. The van der Waals surface area contributed by atoms with Crippen molar-refractivity contribution in [1.29, 1.82) is 0 Å². The lowest BCUT2D eigenvalue weighted by molar-refractivity contribution is 0.0954. The monoisotopic (exact) mass is 319 g/mol. The summed E-state index contributed by atoms with van der Waals surface area (Å²) in [7, 11) is 0. The van der Waals surface area contributed by atoms with Gasteiger partial charge in [-0.05, 0) is 37.3 Å². The fourth-order valence-corrected chi connectivity index (χ4v) is 2.80. The predicted molar refractivity (Wildman–Crippen MR) is 93.0 cm³/mol. The van der Waals surface area contributed by atoms with E-state index in [1.54, 1.807) is 6.07 Å². The molecule has 0 bridgehead atoms. The first-order valence-electron chi connectivity index (χ1n) is 7.87. The molecule has 3 N–H and O–H groups in total. The SMILES string of the molecule is Cc1nc2ccc(C(=O)NCCc3nc4ccccc4[nH]3)cc2[nH]1. The smallest absolute Gasteiger partial charge is 0.251 e. The number of aromatic amines is 2. The molecule has 0 aliphatic rings. The molecule has 0 spiro atoms. The fraction of sp³-hybridized carbons (Fsp3) is 0.167. The van der Waals surface area contributed by atoms with Crippen molar-refractivity contribution in [1.82, 2.24) is 25.3 Å². The number of benzene rings is 2. The van der Waals surface area contributed by atoms with E-state index < -0.39 is 0 Å². The number of para-hydroxylation sites is 2. The first kappa shape index (κ1) is 14.4. The van der Waals surface area contributed by atoms with Crippen LogP contribution in [-0.4, -0.2) is 32.4 Å². The third kappa shape index (κ3) is 2.74. The van der Waals surface area contributed by atoms with E-state index >= 15 is 0 Å². The Morgan fingerprint density at radius 1 is 1.04 bits per heavy atom. The topological polar surface area (TPSA) is 86.5 Å². The molecule has 6 nitrogen and oxygen atoms in total. The molecule has 0 aliphatic heterocycles. The van der Waals surface area contributed by atoms with Gasteiger partial charge in [0.15, 0.2) is 0 Å². The van der Waals surface area contributed by atoms with Gasteiger partial charge >= 0.3 is 0 Å². The van der Waals surface area contributed by atoms with Crippen molar-refractivity contribution in [2.24, 2.45) is 0 Å². The van der Waals surface area contributed by atoms with Crippen LogP contribution in [0.3, 0.4) is 0 Å². The Balaban J connectivity index is 1.41. The molecule has 0 atom stereocenters. The van der Waals surface area contributed by atoms with Crippen molar-refractivity contribution < 1.29 is 4.79 Å². The molecule has 6 heteroatoms. The lowest BCUT2D eigenvalue weighted by atomic mass is 10.2. The zero-order valence-corrected chi connectivity index (χ0v) is 13.3. The Labute approximate surface area is 138 Å². The maximum absolute atomic E-state index is 12.3. The van der Waals surface area contributed by atoms with Crippen LogP contribution in [0.2, 0.25) is 0 Å². The Bertz CT molecular complexity index is 997. The molecule has 4 rings (SSSR count). The number of hydrogen-bond acceptors (Lipinski definition) is 3. The van der Waals surface area contributed by atoms with Gasteiger partial charge in [0.25, 0.3) is 5.91 Å². The van der Waals surface area contributed by atoms with Crippen molar-refractivity contribution in [3.8, 4) is 0 Å². The van der Waals surface area contributed by atoms with E-state index in [0.717, 1.165) is 33.7 Å². The van der Waals surface area contributed by atoms with Gasteiger partial charge in [-0.15, -0.1) is 0 Å². The van der Waals surface area contributed by atoms with E-state index in [1.807, 2.05) is 43.3 Å². The van der Waals surface area contributed by atoms with Crippen LogP contribution in [0.15, 0.2) is 42.5 Å². The first-order valence-corrected chi connectivity index (χ1v) is 7.87. The predicted octanol–water partition coefficient (Wildman–Crippen LogP) is 2.72. The van der Waals surface area contributed by atoms with Crippen molar-refractivity contribution in [3.63, 3.8) is 0 Å². The number of carbonyl (C=O) groups is 1. The molecule has 0 fully saturated rings. The van der Waals surface area contributed by atoms with E-state index in [4.69, 9.17) is 0 Å². The summed E-state index contributed by atoms with van der Waals surface area (Å²) in [6.45, 7) is 2.42. The second-order valence-corrected chi connectivity index (χ2v) is 5.76. The first-order chi connectivity index (χ1) is 11.7. The lowest BCUT2D eigenvalue weighted by Crippen LogP contribution is -2.25.